The normalized spacial score (nSPS) is 19.9. The largest absolute Gasteiger partial charge is 0.446 e. The van der Waals surface area contributed by atoms with E-state index in [4.69, 9.17) is 21.3 Å². The summed E-state index contributed by atoms with van der Waals surface area (Å²) in [4.78, 5) is 24.3. The Hall–Kier alpha value is -3.12. The predicted octanol–water partition coefficient (Wildman–Crippen LogP) is 7.89. The standard InChI is InChI=1S/C33H39ClN4O2/c1-23-21-37(22-36-23)16-6-7-25-19-26-20-27(34)11-12-29(26)31(32-30(25)10-5-15-35-32)24-13-17-38(18-14-24)33(39)40-28-8-3-2-4-9-28/h5,10-12,15,19-22,24,28,31H,2-4,6-9,13-14,16-18H2,1H3/t31-/m1/s1. The van der Waals surface area contributed by atoms with Crippen LogP contribution in [0.2, 0.25) is 5.02 Å². The number of imidazole rings is 1. The monoisotopic (exact) mass is 558 g/mol. The number of benzene rings is 1. The predicted molar refractivity (Wildman–Crippen MR) is 159 cm³/mol. The van der Waals surface area contributed by atoms with Gasteiger partial charge in [0, 0.05) is 43.0 Å². The number of aromatic nitrogens is 3. The van der Waals surface area contributed by atoms with Gasteiger partial charge in [0.25, 0.3) is 0 Å². The van der Waals surface area contributed by atoms with Crippen LogP contribution in [0.5, 0.6) is 0 Å². The molecule has 0 spiro atoms. The smallest absolute Gasteiger partial charge is 0.410 e. The number of amides is 1. The molecule has 1 aliphatic heterocycles. The summed E-state index contributed by atoms with van der Waals surface area (Å²) in [5.41, 5.74) is 7.20. The summed E-state index contributed by atoms with van der Waals surface area (Å²) in [7, 11) is 0. The first-order valence-corrected chi connectivity index (χ1v) is 15.3. The van der Waals surface area contributed by atoms with Gasteiger partial charge in [-0.25, -0.2) is 9.78 Å². The van der Waals surface area contributed by atoms with Gasteiger partial charge in [-0.2, -0.15) is 0 Å². The number of rotatable bonds is 6. The Morgan fingerprint density at radius 3 is 2.67 bits per heavy atom. The molecule has 0 radical (unpaired) electrons. The van der Waals surface area contributed by atoms with Crippen LogP contribution >= 0.6 is 11.6 Å². The average molecular weight is 559 g/mol. The highest BCUT2D eigenvalue weighted by molar-refractivity contribution is 6.30. The van der Waals surface area contributed by atoms with Crippen molar-refractivity contribution in [1.82, 2.24) is 19.4 Å². The van der Waals surface area contributed by atoms with Gasteiger partial charge in [-0.15, -0.1) is 0 Å². The van der Waals surface area contributed by atoms with Crippen LogP contribution in [0.15, 0.2) is 49.1 Å². The Labute approximate surface area is 242 Å². The molecule has 1 saturated carbocycles. The van der Waals surface area contributed by atoms with E-state index in [0.717, 1.165) is 87.4 Å². The molecule has 2 aromatic heterocycles. The Balaban J connectivity index is 1.22. The summed E-state index contributed by atoms with van der Waals surface area (Å²) in [5, 5.41) is 0.751. The second kappa shape index (κ2) is 12.2. The first kappa shape index (κ1) is 27.1. The third kappa shape index (κ3) is 5.97. The summed E-state index contributed by atoms with van der Waals surface area (Å²) in [6, 6.07) is 10.6. The number of piperidine rings is 1. The molecule has 1 amide bonds. The third-order valence-electron chi connectivity index (χ3n) is 8.91. The molecule has 3 aliphatic rings. The number of carbonyl (C=O) groups is 1. The van der Waals surface area contributed by atoms with Crippen LogP contribution in [0.25, 0.3) is 11.6 Å². The number of likely N-dealkylation sites (tertiary alicyclic amines) is 1. The van der Waals surface area contributed by atoms with Gasteiger partial charge in [-0.1, -0.05) is 36.2 Å². The fraction of sp³-hybridized carbons (Fsp3) is 0.485. The molecule has 6 rings (SSSR count). The van der Waals surface area contributed by atoms with E-state index in [1.54, 1.807) is 0 Å². The van der Waals surface area contributed by atoms with Crippen molar-refractivity contribution < 1.29 is 9.53 Å². The van der Waals surface area contributed by atoms with Gasteiger partial charge in [-0.3, -0.25) is 4.98 Å². The topological polar surface area (TPSA) is 60.2 Å². The number of fused-ring (bicyclic) bond motifs is 2. The maximum Gasteiger partial charge on any atom is 0.410 e. The van der Waals surface area contributed by atoms with Crippen molar-refractivity contribution in [3.63, 3.8) is 0 Å². The lowest BCUT2D eigenvalue weighted by atomic mass is 9.76. The Kier molecular flexibility index (Phi) is 8.24. The molecule has 0 unspecified atom stereocenters. The number of allylic oxidation sites excluding steroid dienone is 1. The lowest BCUT2D eigenvalue weighted by Gasteiger charge is -2.37. The number of carbonyl (C=O) groups excluding carboxylic acids is 1. The van der Waals surface area contributed by atoms with E-state index in [1.807, 2.05) is 30.4 Å². The molecule has 210 valence electrons. The maximum atomic E-state index is 12.9. The van der Waals surface area contributed by atoms with E-state index in [9.17, 15) is 4.79 Å². The molecular weight excluding hydrogens is 520 g/mol. The van der Waals surface area contributed by atoms with Gasteiger partial charge in [-0.05, 0) is 105 Å². The number of hydrogen-bond acceptors (Lipinski definition) is 4. The van der Waals surface area contributed by atoms with Gasteiger partial charge >= 0.3 is 6.09 Å². The van der Waals surface area contributed by atoms with Crippen molar-refractivity contribution in [3.05, 3.63) is 82.2 Å². The average Bonchev–Trinajstić information content (AvgIpc) is 3.33. The SMILES string of the molecule is Cc1cn(CCCC2=Cc3cc(Cl)ccc3[C@@H](C3CCN(C(=O)OC4CCCCC4)CC3)c3ncccc32)cn1. The second-order valence-corrected chi connectivity index (χ2v) is 12.1. The highest BCUT2D eigenvalue weighted by Gasteiger charge is 2.36. The molecule has 3 aromatic rings. The molecule has 6 nitrogen and oxygen atoms in total. The van der Waals surface area contributed by atoms with E-state index in [1.165, 1.54) is 28.7 Å². The lowest BCUT2D eigenvalue weighted by molar-refractivity contribution is 0.0372. The van der Waals surface area contributed by atoms with E-state index in [0.29, 0.717) is 5.92 Å². The first-order chi connectivity index (χ1) is 19.5. The number of aryl methyl sites for hydroxylation is 2. The van der Waals surface area contributed by atoms with Crippen LogP contribution in [0.3, 0.4) is 0 Å². The van der Waals surface area contributed by atoms with Gasteiger partial charge in [0.2, 0.25) is 0 Å². The molecular formula is C33H39ClN4O2. The zero-order valence-electron chi connectivity index (χ0n) is 23.4. The Morgan fingerprint density at radius 2 is 1.90 bits per heavy atom. The van der Waals surface area contributed by atoms with Crippen molar-refractivity contribution in [2.24, 2.45) is 5.92 Å². The maximum absolute atomic E-state index is 12.9. The molecule has 2 fully saturated rings. The van der Waals surface area contributed by atoms with Crippen LogP contribution in [0.4, 0.5) is 4.79 Å². The van der Waals surface area contributed by atoms with Crippen molar-refractivity contribution in [3.8, 4) is 0 Å². The van der Waals surface area contributed by atoms with Crippen molar-refractivity contribution >= 4 is 29.3 Å². The molecule has 7 heteroatoms. The van der Waals surface area contributed by atoms with Crippen molar-refractivity contribution in [2.45, 2.75) is 83.3 Å². The highest BCUT2D eigenvalue weighted by Crippen LogP contribution is 2.45. The molecule has 1 saturated heterocycles. The third-order valence-corrected chi connectivity index (χ3v) is 9.14. The number of nitrogens with zero attached hydrogens (tertiary/aromatic N) is 4. The minimum absolute atomic E-state index is 0.0934. The van der Waals surface area contributed by atoms with Gasteiger partial charge in [0.15, 0.2) is 0 Å². The summed E-state index contributed by atoms with van der Waals surface area (Å²) in [6.07, 6.45) is 17.6. The number of pyridine rings is 1. The van der Waals surface area contributed by atoms with Gasteiger partial charge in [0.05, 0.1) is 17.7 Å². The molecule has 1 atom stereocenters. The molecule has 40 heavy (non-hydrogen) atoms. The first-order valence-electron chi connectivity index (χ1n) is 14.9. The van der Waals surface area contributed by atoms with E-state index in [2.05, 4.69) is 46.1 Å². The molecule has 3 heterocycles. The van der Waals surface area contributed by atoms with Crippen molar-refractivity contribution in [1.29, 1.82) is 0 Å². The minimum Gasteiger partial charge on any atom is -0.446 e. The number of ether oxygens (including phenoxy) is 1. The fourth-order valence-electron chi connectivity index (χ4n) is 6.85. The lowest BCUT2D eigenvalue weighted by Crippen LogP contribution is -2.41. The van der Waals surface area contributed by atoms with Crippen LogP contribution in [0, 0.1) is 12.8 Å². The van der Waals surface area contributed by atoms with Crippen LogP contribution in [-0.2, 0) is 11.3 Å². The van der Waals surface area contributed by atoms with Crippen LogP contribution in [-0.4, -0.2) is 44.7 Å². The zero-order valence-corrected chi connectivity index (χ0v) is 24.2. The Morgan fingerprint density at radius 1 is 1.07 bits per heavy atom. The quantitative estimate of drug-likeness (QED) is 0.308. The minimum atomic E-state index is -0.131. The van der Waals surface area contributed by atoms with E-state index in [-0.39, 0.29) is 18.1 Å². The van der Waals surface area contributed by atoms with E-state index >= 15 is 0 Å². The number of halogens is 1. The second-order valence-electron chi connectivity index (χ2n) is 11.7. The van der Waals surface area contributed by atoms with Gasteiger partial charge in [0.1, 0.15) is 6.10 Å². The molecule has 0 N–H and O–H groups in total. The number of hydrogen-bond donors (Lipinski definition) is 0. The van der Waals surface area contributed by atoms with Crippen LogP contribution in [0.1, 0.15) is 91.8 Å². The van der Waals surface area contributed by atoms with Crippen molar-refractivity contribution in [2.75, 3.05) is 13.1 Å². The molecule has 1 aromatic carbocycles. The molecule has 0 bridgehead atoms. The summed E-state index contributed by atoms with van der Waals surface area (Å²) < 4.78 is 8.05. The summed E-state index contributed by atoms with van der Waals surface area (Å²) in [5.74, 6) is 0.541. The fourth-order valence-corrected chi connectivity index (χ4v) is 7.03. The highest BCUT2D eigenvalue weighted by atomic mass is 35.5. The zero-order chi connectivity index (χ0) is 27.5. The Bertz CT molecular complexity index is 1370. The molecule has 2 aliphatic carbocycles. The summed E-state index contributed by atoms with van der Waals surface area (Å²) in [6.45, 7) is 4.40. The van der Waals surface area contributed by atoms with Crippen LogP contribution < -0.4 is 0 Å². The van der Waals surface area contributed by atoms with E-state index < -0.39 is 0 Å². The summed E-state index contributed by atoms with van der Waals surface area (Å²) >= 11 is 6.53. The van der Waals surface area contributed by atoms with Gasteiger partial charge < -0.3 is 14.2 Å².